The van der Waals surface area contributed by atoms with Gasteiger partial charge < -0.3 is 5.32 Å². The molecule has 4 nitrogen and oxygen atoms in total. The number of aromatic nitrogens is 3. The second kappa shape index (κ2) is 7.81. The number of fused-ring (bicyclic) bond motifs is 1. The third kappa shape index (κ3) is 3.79. The van der Waals surface area contributed by atoms with Crippen molar-refractivity contribution in [1.29, 1.82) is 0 Å². The normalized spacial score (nSPS) is 14.0. The number of hydrogen-bond donors (Lipinski definition) is 1. The third-order valence-electron chi connectivity index (χ3n) is 4.26. The van der Waals surface area contributed by atoms with Crippen LogP contribution in [0.1, 0.15) is 42.4 Å². The van der Waals surface area contributed by atoms with Crippen molar-refractivity contribution >= 4 is 17.4 Å². The van der Waals surface area contributed by atoms with E-state index in [0.717, 1.165) is 23.6 Å². The van der Waals surface area contributed by atoms with Gasteiger partial charge in [-0.25, -0.2) is 0 Å². The summed E-state index contributed by atoms with van der Waals surface area (Å²) in [7, 11) is 0. The molecule has 24 heavy (non-hydrogen) atoms. The van der Waals surface area contributed by atoms with E-state index in [1.165, 1.54) is 11.1 Å². The number of rotatable bonds is 7. The molecule has 2 aromatic heterocycles. The zero-order chi connectivity index (χ0) is 16.9. The molecule has 0 bridgehead atoms. The maximum atomic E-state index is 4.45. The molecule has 2 heterocycles. The second-order valence-corrected chi connectivity index (χ2v) is 7.11. The standard InChI is InChI=1S/C19H24N4S/c1-14-7-6-8-16(13-14)15(2)20-17(10-12-24-3)19-22-21-18-9-4-5-11-23(18)19/h4-9,11,13,15,17,20H,10,12H2,1-3H3/t15-,17+/m1/s1. The van der Waals surface area contributed by atoms with Gasteiger partial charge in [0.2, 0.25) is 0 Å². The van der Waals surface area contributed by atoms with Crippen molar-refractivity contribution < 1.29 is 0 Å². The minimum Gasteiger partial charge on any atom is -0.301 e. The number of nitrogens with one attached hydrogen (secondary N) is 1. The van der Waals surface area contributed by atoms with Crippen LogP contribution >= 0.6 is 11.8 Å². The van der Waals surface area contributed by atoms with Crippen LogP contribution in [0.15, 0.2) is 48.7 Å². The molecule has 0 aliphatic rings. The Labute approximate surface area is 147 Å². The van der Waals surface area contributed by atoms with E-state index in [0.29, 0.717) is 0 Å². The monoisotopic (exact) mass is 340 g/mol. The van der Waals surface area contributed by atoms with E-state index in [4.69, 9.17) is 0 Å². The van der Waals surface area contributed by atoms with Gasteiger partial charge in [-0.2, -0.15) is 11.8 Å². The van der Waals surface area contributed by atoms with Crippen LogP contribution in [-0.4, -0.2) is 26.6 Å². The molecular formula is C19H24N4S. The van der Waals surface area contributed by atoms with E-state index < -0.39 is 0 Å². The van der Waals surface area contributed by atoms with Crippen LogP contribution in [-0.2, 0) is 0 Å². The smallest absolute Gasteiger partial charge is 0.160 e. The Morgan fingerprint density at radius 1 is 1.17 bits per heavy atom. The van der Waals surface area contributed by atoms with E-state index in [-0.39, 0.29) is 12.1 Å². The lowest BCUT2D eigenvalue weighted by Crippen LogP contribution is -2.27. The van der Waals surface area contributed by atoms with Crippen molar-refractivity contribution in [2.24, 2.45) is 0 Å². The number of nitrogens with zero attached hydrogens (tertiary/aromatic N) is 3. The second-order valence-electron chi connectivity index (χ2n) is 6.12. The number of thioether (sulfide) groups is 1. The first-order chi connectivity index (χ1) is 11.7. The fourth-order valence-corrected chi connectivity index (χ4v) is 3.43. The lowest BCUT2D eigenvalue weighted by molar-refractivity contribution is 0.438. The maximum absolute atomic E-state index is 4.45. The minimum absolute atomic E-state index is 0.172. The largest absolute Gasteiger partial charge is 0.301 e. The first-order valence-corrected chi connectivity index (χ1v) is 9.69. The van der Waals surface area contributed by atoms with E-state index >= 15 is 0 Å². The summed E-state index contributed by atoms with van der Waals surface area (Å²) < 4.78 is 2.08. The molecule has 0 unspecified atom stereocenters. The first-order valence-electron chi connectivity index (χ1n) is 8.30. The van der Waals surface area contributed by atoms with Gasteiger partial charge in [0.05, 0.1) is 6.04 Å². The summed E-state index contributed by atoms with van der Waals surface area (Å²) in [5, 5.41) is 12.5. The molecular weight excluding hydrogens is 316 g/mol. The van der Waals surface area contributed by atoms with Gasteiger partial charge in [-0.15, -0.1) is 10.2 Å². The summed E-state index contributed by atoms with van der Waals surface area (Å²) in [4.78, 5) is 0. The molecule has 0 saturated carbocycles. The van der Waals surface area contributed by atoms with Gasteiger partial charge >= 0.3 is 0 Å². The van der Waals surface area contributed by atoms with Crippen LogP contribution in [0.3, 0.4) is 0 Å². The van der Waals surface area contributed by atoms with Crippen molar-refractivity contribution in [3.63, 3.8) is 0 Å². The summed E-state index contributed by atoms with van der Waals surface area (Å²) in [6.45, 7) is 4.34. The first kappa shape index (κ1) is 17.0. The molecule has 1 N–H and O–H groups in total. The zero-order valence-corrected chi connectivity index (χ0v) is 15.3. The Bertz CT molecular complexity index is 799. The van der Waals surface area contributed by atoms with Gasteiger partial charge in [-0.05, 0) is 50.0 Å². The summed E-state index contributed by atoms with van der Waals surface area (Å²) >= 11 is 1.86. The van der Waals surface area contributed by atoms with Crippen molar-refractivity contribution in [3.05, 3.63) is 65.6 Å². The molecule has 0 spiro atoms. The van der Waals surface area contributed by atoms with E-state index in [1.54, 1.807) is 0 Å². The van der Waals surface area contributed by atoms with Crippen LogP contribution in [0, 0.1) is 6.92 Å². The van der Waals surface area contributed by atoms with Crippen LogP contribution in [0.4, 0.5) is 0 Å². The van der Waals surface area contributed by atoms with Crippen molar-refractivity contribution in [1.82, 2.24) is 19.9 Å². The molecule has 3 rings (SSSR count). The third-order valence-corrected chi connectivity index (χ3v) is 4.90. The zero-order valence-electron chi connectivity index (χ0n) is 14.4. The lowest BCUT2D eigenvalue weighted by atomic mass is 10.0. The SMILES string of the molecule is CSCC[C@H](N[C@H](C)c1cccc(C)c1)c1nnc2ccccn12. The van der Waals surface area contributed by atoms with Crippen molar-refractivity contribution in [2.75, 3.05) is 12.0 Å². The number of pyridine rings is 1. The molecule has 0 aliphatic heterocycles. The Hall–Kier alpha value is -1.85. The van der Waals surface area contributed by atoms with Gasteiger partial charge in [0.15, 0.2) is 11.5 Å². The molecule has 0 aliphatic carbocycles. The average Bonchev–Trinajstić information content (AvgIpc) is 3.02. The molecule has 5 heteroatoms. The Balaban J connectivity index is 1.86. The summed E-state index contributed by atoms with van der Waals surface area (Å²) in [5.41, 5.74) is 3.49. The molecule has 0 radical (unpaired) electrons. The van der Waals surface area contributed by atoms with Crippen molar-refractivity contribution in [3.8, 4) is 0 Å². The van der Waals surface area contributed by atoms with E-state index in [9.17, 15) is 0 Å². The van der Waals surface area contributed by atoms with Crippen LogP contribution in [0.2, 0.25) is 0 Å². The van der Waals surface area contributed by atoms with E-state index in [2.05, 4.69) is 64.3 Å². The maximum Gasteiger partial charge on any atom is 0.160 e. The quantitative estimate of drug-likeness (QED) is 0.700. The summed E-state index contributed by atoms with van der Waals surface area (Å²) in [6, 6.07) is 15.1. The molecule has 0 amide bonds. The molecule has 126 valence electrons. The van der Waals surface area contributed by atoms with Crippen LogP contribution in [0.5, 0.6) is 0 Å². The number of benzene rings is 1. The van der Waals surface area contributed by atoms with Gasteiger partial charge in [0.25, 0.3) is 0 Å². The molecule has 3 aromatic rings. The van der Waals surface area contributed by atoms with Crippen LogP contribution in [0.25, 0.3) is 5.65 Å². The lowest BCUT2D eigenvalue weighted by Gasteiger charge is -2.22. The van der Waals surface area contributed by atoms with Crippen molar-refractivity contribution in [2.45, 2.75) is 32.4 Å². The van der Waals surface area contributed by atoms with Gasteiger partial charge in [0, 0.05) is 12.2 Å². The summed E-state index contributed by atoms with van der Waals surface area (Å²) in [5.74, 6) is 2.07. The summed E-state index contributed by atoms with van der Waals surface area (Å²) in [6.07, 6.45) is 5.20. The molecule has 1 aromatic carbocycles. The fraction of sp³-hybridized carbons (Fsp3) is 0.368. The minimum atomic E-state index is 0.172. The van der Waals surface area contributed by atoms with Gasteiger partial charge in [0.1, 0.15) is 0 Å². The highest BCUT2D eigenvalue weighted by Gasteiger charge is 2.20. The highest BCUT2D eigenvalue weighted by molar-refractivity contribution is 7.98. The van der Waals surface area contributed by atoms with Gasteiger partial charge in [-0.3, -0.25) is 4.40 Å². The Kier molecular flexibility index (Phi) is 5.53. The number of hydrogen-bond acceptors (Lipinski definition) is 4. The van der Waals surface area contributed by atoms with Crippen LogP contribution < -0.4 is 5.32 Å². The average molecular weight is 340 g/mol. The highest BCUT2D eigenvalue weighted by Crippen LogP contribution is 2.23. The fourth-order valence-electron chi connectivity index (χ4n) is 2.96. The predicted octanol–water partition coefficient (Wildman–Crippen LogP) is 4.18. The molecule has 2 atom stereocenters. The Morgan fingerprint density at radius 2 is 2.04 bits per heavy atom. The Morgan fingerprint density at radius 3 is 2.83 bits per heavy atom. The highest BCUT2D eigenvalue weighted by atomic mass is 32.2. The van der Waals surface area contributed by atoms with Gasteiger partial charge in [-0.1, -0.05) is 35.9 Å². The van der Waals surface area contributed by atoms with E-state index in [1.807, 2.05) is 36.2 Å². The topological polar surface area (TPSA) is 42.2 Å². The number of aryl methyl sites for hydroxylation is 1. The molecule has 0 fully saturated rings. The predicted molar refractivity (Wildman–Crippen MR) is 101 cm³/mol. The molecule has 0 saturated heterocycles.